The predicted molar refractivity (Wildman–Crippen MR) is 70.5 cm³/mol. The molecule has 17 heavy (non-hydrogen) atoms. The average molecular weight is 270 g/mol. The van der Waals surface area contributed by atoms with E-state index in [0.29, 0.717) is 5.69 Å². The van der Waals surface area contributed by atoms with Gasteiger partial charge in [-0.15, -0.1) is 11.8 Å². The zero-order valence-electron chi connectivity index (χ0n) is 9.67. The Labute approximate surface area is 106 Å². The van der Waals surface area contributed by atoms with Crippen molar-refractivity contribution in [2.24, 2.45) is 0 Å². The van der Waals surface area contributed by atoms with Crippen molar-refractivity contribution >= 4 is 27.5 Å². The van der Waals surface area contributed by atoms with E-state index in [4.69, 9.17) is 5.26 Å². The fourth-order valence-corrected chi connectivity index (χ4v) is 2.94. The summed E-state index contributed by atoms with van der Waals surface area (Å²) in [4.78, 5) is 0.968. The first-order valence-corrected chi connectivity index (χ1v) is 7.86. The van der Waals surface area contributed by atoms with Crippen molar-refractivity contribution in [1.82, 2.24) is 0 Å². The molecule has 1 atom stereocenters. The predicted octanol–water partition coefficient (Wildman–Crippen LogP) is 2.45. The smallest absolute Gasteiger partial charge is 0.249 e. The fraction of sp³-hybridized carbons (Fsp3) is 0.364. The minimum Gasteiger partial charge on any atom is -0.282 e. The number of hydrogen-bond acceptors (Lipinski definition) is 4. The van der Waals surface area contributed by atoms with Gasteiger partial charge in [-0.05, 0) is 30.9 Å². The third-order valence-electron chi connectivity index (χ3n) is 2.22. The molecule has 0 aliphatic rings. The summed E-state index contributed by atoms with van der Waals surface area (Å²) >= 11 is 1.53. The highest BCUT2D eigenvalue weighted by Gasteiger charge is 2.23. The molecule has 0 radical (unpaired) electrons. The Bertz CT molecular complexity index is 521. The highest BCUT2D eigenvalue weighted by Crippen LogP contribution is 2.20. The average Bonchev–Trinajstić information content (AvgIpc) is 2.29. The summed E-state index contributed by atoms with van der Waals surface area (Å²) in [5.41, 5.74) is 0.491. The maximum Gasteiger partial charge on any atom is 0.249 e. The van der Waals surface area contributed by atoms with Gasteiger partial charge in [-0.25, -0.2) is 8.42 Å². The van der Waals surface area contributed by atoms with Crippen LogP contribution in [0.2, 0.25) is 0 Å². The molecule has 1 rings (SSSR count). The van der Waals surface area contributed by atoms with Crippen molar-refractivity contribution in [2.45, 2.75) is 23.5 Å². The summed E-state index contributed by atoms with van der Waals surface area (Å²) in [6.07, 6.45) is 2.19. The van der Waals surface area contributed by atoms with Crippen LogP contribution in [-0.2, 0) is 10.0 Å². The van der Waals surface area contributed by atoms with E-state index in [0.717, 1.165) is 4.90 Å². The minimum atomic E-state index is -3.62. The van der Waals surface area contributed by atoms with Crippen molar-refractivity contribution < 1.29 is 8.42 Å². The number of nitriles is 1. The van der Waals surface area contributed by atoms with Crippen molar-refractivity contribution in [3.8, 4) is 6.07 Å². The Kier molecular flexibility index (Phi) is 4.85. The first-order valence-electron chi connectivity index (χ1n) is 5.08. The van der Waals surface area contributed by atoms with Crippen LogP contribution in [0.4, 0.5) is 5.69 Å². The molecule has 0 aliphatic heterocycles. The molecule has 92 valence electrons. The largest absolute Gasteiger partial charge is 0.282 e. The second kappa shape index (κ2) is 5.94. The number of hydrogen-bond donors (Lipinski definition) is 1. The molecule has 0 fully saturated rings. The SMILES string of the molecule is CCC(C#N)S(=O)(=O)Nc1cccc(SC)c1. The highest BCUT2D eigenvalue weighted by molar-refractivity contribution is 7.98. The van der Waals surface area contributed by atoms with Gasteiger partial charge in [-0.3, -0.25) is 4.72 Å². The zero-order valence-corrected chi connectivity index (χ0v) is 11.3. The number of anilines is 1. The van der Waals surface area contributed by atoms with Gasteiger partial charge < -0.3 is 0 Å². The lowest BCUT2D eigenvalue weighted by Crippen LogP contribution is -2.25. The zero-order chi connectivity index (χ0) is 12.9. The van der Waals surface area contributed by atoms with E-state index in [1.54, 1.807) is 31.2 Å². The Hall–Kier alpha value is -1.19. The molecular weight excluding hydrogens is 256 g/mol. The van der Waals surface area contributed by atoms with Gasteiger partial charge in [0.2, 0.25) is 10.0 Å². The Morgan fingerprint density at radius 3 is 2.76 bits per heavy atom. The van der Waals surface area contributed by atoms with E-state index < -0.39 is 15.3 Å². The molecule has 0 aliphatic carbocycles. The van der Waals surface area contributed by atoms with E-state index in [1.165, 1.54) is 11.8 Å². The van der Waals surface area contributed by atoms with Crippen LogP contribution in [0.25, 0.3) is 0 Å². The second-order valence-corrected chi connectivity index (χ2v) is 6.15. The van der Waals surface area contributed by atoms with Gasteiger partial charge in [0.15, 0.2) is 5.25 Å². The summed E-state index contributed by atoms with van der Waals surface area (Å²) in [6.45, 7) is 1.67. The van der Waals surface area contributed by atoms with Crippen LogP contribution >= 0.6 is 11.8 Å². The number of nitrogens with one attached hydrogen (secondary N) is 1. The highest BCUT2D eigenvalue weighted by atomic mass is 32.2. The molecule has 0 bridgehead atoms. The van der Waals surface area contributed by atoms with Crippen LogP contribution in [0.5, 0.6) is 0 Å². The van der Waals surface area contributed by atoms with Crippen molar-refractivity contribution in [2.75, 3.05) is 11.0 Å². The Balaban J connectivity index is 2.94. The summed E-state index contributed by atoms with van der Waals surface area (Å²) in [5, 5.41) is 7.75. The number of benzene rings is 1. The second-order valence-electron chi connectivity index (χ2n) is 3.41. The Morgan fingerprint density at radius 2 is 2.24 bits per heavy atom. The number of rotatable bonds is 5. The Morgan fingerprint density at radius 1 is 1.53 bits per heavy atom. The first kappa shape index (κ1) is 13.9. The molecule has 6 heteroatoms. The first-order chi connectivity index (χ1) is 8.03. The van der Waals surface area contributed by atoms with E-state index >= 15 is 0 Å². The van der Waals surface area contributed by atoms with Crippen LogP contribution in [0.3, 0.4) is 0 Å². The lowest BCUT2D eigenvalue weighted by atomic mass is 10.3. The van der Waals surface area contributed by atoms with E-state index in [-0.39, 0.29) is 6.42 Å². The molecule has 0 aromatic heterocycles. The van der Waals surface area contributed by atoms with Crippen molar-refractivity contribution in [3.63, 3.8) is 0 Å². The van der Waals surface area contributed by atoms with Gasteiger partial charge in [0.05, 0.1) is 6.07 Å². The van der Waals surface area contributed by atoms with Gasteiger partial charge in [-0.2, -0.15) is 5.26 Å². The number of thioether (sulfide) groups is 1. The van der Waals surface area contributed by atoms with Gasteiger partial charge in [0.25, 0.3) is 0 Å². The van der Waals surface area contributed by atoms with Crippen LogP contribution < -0.4 is 4.72 Å². The summed E-state index contributed by atoms with van der Waals surface area (Å²) in [7, 11) is -3.62. The van der Waals surface area contributed by atoms with Crippen LogP contribution in [-0.4, -0.2) is 19.9 Å². The van der Waals surface area contributed by atoms with Gasteiger partial charge in [0, 0.05) is 10.6 Å². The summed E-state index contributed by atoms with van der Waals surface area (Å²) in [6, 6.07) is 8.86. The molecule has 1 N–H and O–H groups in total. The molecule has 1 aromatic rings. The molecule has 4 nitrogen and oxygen atoms in total. The topological polar surface area (TPSA) is 70.0 Å². The van der Waals surface area contributed by atoms with Gasteiger partial charge in [0.1, 0.15) is 0 Å². The molecular formula is C11H14N2O2S2. The minimum absolute atomic E-state index is 0.272. The lowest BCUT2D eigenvalue weighted by molar-refractivity contribution is 0.593. The van der Waals surface area contributed by atoms with Crippen LogP contribution in [0.15, 0.2) is 29.2 Å². The molecule has 0 saturated heterocycles. The molecule has 1 aromatic carbocycles. The van der Waals surface area contributed by atoms with E-state index in [9.17, 15) is 8.42 Å². The molecule has 0 spiro atoms. The molecule has 0 heterocycles. The summed E-state index contributed by atoms with van der Waals surface area (Å²) < 4.78 is 26.1. The maximum absolute atomic E-state index is 11.8. The monoisotopic (exact) mass is 270 g/mol. The summed E-state index contributed by atoms with van der Waals surface area (Å²) in [5.74, 6) is 0. The third-order valence-corrected chi connectivity index (χ3v) is 4.65. The number of sulfonamides is 1. The van der Waals surface area contributed by atoms with Crippen molar-refractivity contribution in [3.05, 3.63) is 24.3 Å². The van der Waals surface area contributed by atoms with E-state index in [2.05, 4.69) is 4.72 Å². The van der Waals surface area contributed by atoms with Crippen molar-refractivity contribution in [1.29, 1.82) is 5.26 Å². The lowest BCUT2D eigenvalue weighted by Gasteiger charge is -2.11. The van der Waals surface area contributed by atoms with Gasteiger partial charge >= 0.3 is 0 Å². The third kappa shape index (κ3) is 3.65. The van der Waals surface area contributed by atoms with Crippen LogP contribution in [0.1, 0.15) is 13.3 Å². The number of nitrogens with zero attached hydrogens (tertiary/aromatic N) is 1. The fourth-order valence-electron chi connectivity index (χ4n) is 1.30. The molecule has 0 saturated carbocycles. The maximum atomic E-state index is 11.8. The van der Waals surface area contributed by atoms with Gasteiger partial charge in [-0.1, -0.05) is 13.0 Å². The standard InChI is InChI=1S/C11H14N2O2S2/c1-3-11(8-12)17(14,15)13-9-5-4-6-10(7-9)16-2/h4-7,11,13H,3H2,1-2H3. The quantitative estimate of drug-likeness (QED) is 0.834. The van der Waals surface area contributed by atoms with Crippen LogP contribution in [0, 0.1) is 11.3 Å². The molecule has 1 unspecified atom stereocenters. The normalized spacial score (nSPS) is 12.8. The molecule has 0 amide bonds. The van der Waals surface area contributed by atoms with E-state index in [1.807, 2.05) is 12.3 Å².